The molecule has 0 saturated carbocycles. The highest BCUT2D eigenvalue weighted by molar-refractivity contribution is 5.97. The zero-order chi connectivity index (χ0) is 49.1. The molecule has 4 aromatic rings. The van der Waals surface area contributed by atoms with E-state index in [4.69, 9.17) is 20.4 Å². The van der Waals surface area contributed by atoms with Crippen molar-refractivity contribution >= 4 is 68.1 Å². The first kappa shape index (κ1) is 51.0. The normalized spacial score (nSPS) is 13.5. The number of aliphatic carboxylic acids is 1. The summed E-state index contributed by atoms with van der Waals surface area (Å²) in [5.74, 6) is -2.72. The fourth-order valence-corrected chi connectivity index (χ4v) is 9.31. The van der Waals surface area contributed by atoms with Gasteiger partial charge in [-0.25, -0.2) is 24.8 Å². The lowest BCUT2D eigenvalue weighted by atomic mass is 9.98. The van der Waals surface area contributed by atoms with Crippen molar-refractivity contribution in [2.75, 3.05) is 6.61 Å². The van der Waals surface area contributed by atoms with Crippen LogP contribution in [-0.2, 0) is 43.2 Å². The van der Waals surface area contributed by atoms with E-state index in [1.807, 2.05) is 32.0 Å². The van der Waals surface area contributed by atoms with Crippen molar-refractivity contribution in [3.8, 4) is 0 Å². The summed E-state index contributed by atoms with van der Waals surface area (Å²) in [7, 11) is 0. The summed E-state index contributed by atoms with van der Waals surface area (Å²) in [6.07, 6.45) is 13.6. The molecule has 0 saturated heterocycles. The summed E-state index contributed by atoms with van der Waals surface area (Å²) in [4.78, 5) is 78.5. The first-order valence-electron chi connectivity index (χ1n) is 24.5. The number of unbranched alkanes of at least 4 members (excludes halogenated alkanes) is 7. The smallest absolute Gasteiger partial charge is 0.331 e. The molecule has 2 amide bonds. The molecule has 15 heteroatoms. The second-order valence-corrected chi connectivity index (χ2v) is 18.2. The number of hydrazine groups is 1. The lowest BCUT2D eigenvalue weighted by Gasteiger charge is -2.31. The Bertz CT molecular complexity index is 2710. The number of hydrogen-bond acceptors (Lipinski definition) is 9. The Morgan fingerprint density at radius 3 is 1.82 bits per heavy atom. The number of carbonyl (C=O) groups excluding carboxylic acids is 3. The average molecular weight is 930 g/mol. The number of carbonyl (C=O) groups is 4. The number of nitrogens with one attached hydrogen (secondary N) is 4. The molecular weight excluding hydrogens is 859 g/mol. The molecule has 6 rings (SSSR count). The molecule has 2 atom stereocenters. The Kier molecular flexibility index (Phi) is 17.7. The Morgan fingerprint density at radius 2 is 1.28 bits per heavy atom. The number of aryl methyl sites for hydroxylation is 4. The molecule has 4 aromatic heterocycles. The number of nitrogens with zero attached hydrogens (tertiary/aromatic N) is 4. The van der Waals surface area contributed by atoms with Gasteiger partial charge in [0.1, 0.15) is 0 Å². The molecule has 0 radical (unpaired) electrons. The van der Waals surface area contributed by atoms with Crippen LogP contribution in [0.4, 0.5) is 0 Å². The maximum Gasteiger partial charge on any atom is 0.331 e. The van der Waals surface area contributed by atoms with Crippen molar-refractivity contribution in [1.82, 2.24) is 40.3 Å². The Balaban J connectivity index is 1.36. The summed E-state index contributed by atoms with van der Waals surface area (Å²) >= 11 is 0. The van der Waals surface area contributed by atoms with Gasteiger partial charge in [0.2, 0.25) is 5.91 Å². The number of imidazole rings is 1. The average Bonchev–Trinajstić information content (AvgIpc) is 4.12. The number of aromatic amines is 3. The Hall–Kier alpha value is -6.35. The summed E-state index contributed by atoms with van der Waals surface area (Å²) in [6, 6.07) is 5.89. The molecule has 0 unspecified atom stereocenters. The molecule has 15 nitrogen and oxygen atoms in total. The lowest BCUT2D eigenvalue weighted by molar-refractivity contribution is -0.160. The van der Waals surface area contributed by atoms with Crippen LogP contribution in [0.3, 0.4) is 0 Å². The Labute approximate surface area is 399 Å². The van der Waals surface area contributed by atoms with Crippen LogP contribution in [0.2, 0.25) is 0 Å². The van der Waals surface area contributed by atoms with Gasteiger partial charge in [-0.05, 0) is 136 Å². The molecule has 0 spiro atoms. The summed E-state index contributed by atoms with van der Waals surface area (Å²) in [5.41, 5.74) is 24.0. The van der Waals surface area contributed by atoms with Crippen LogP contribution >= 0.6 is 0 Å². The maximum atomic E-state index is 14.2. The van der Waals surface area contributed by atoms with E-state index in [0.29, 0.717) is 29.2 Å². The van der Waals surface area contributed by atoms with Gasteiger partial charge >= 0.3 is 11.9 Å². The SMILES string of the molecule is CCCCCCCCCCOC(=O)[C@H](Cc1cnc[nH]1)N(NC(=O)CCC1=C(C)c2cc3[nH]c(cc4[nH]c(cc5nc(cc1n2)C(CCC(=O)O)=C5C)c(C)c4CC)c(C)c3CC)C(=O)[C@H](C)N. The van der Waals surface area contributed by atoms with Crippen molar-refractivity contribution in [1.29, 1.82) is 0 Å². The van der Waals surface area contributed by atoms with Gasteiger partial charge in [-0.15, -0.1) is 0 Å². The van der Waals surface area contributed by atoms with E-state index >= 15 is 0 Å². The highest BCUT2D eigenvalue weighted by Gasteiger charge is 2.35. The van der Waals surface area contributed by atoms with Crippen LogP contribution in [0.15, 0.2) is 36.8 Å². The zero-order valence-corrected chi connectivity index (χ0v) is 41.3. The standard InChI is InChI=1S/C53H71N9O6/c1-9-12-13-14-15-16-17-18-23-68-53(67)49(24-36-29-55-30-56-36)62(52(66)35(8)54)61-50(63)21-19-39-33(6)44-27-46-38(11-3)32(5)43(58-46)26-45-37(10-2)31(4)41(57-45)25-42-34(7)40(20-22-51(64)65)48(59-42)28-47(39)60-44/h25-30,35,49,57-58H,9-24,54H2,1-8H3,(H,55,56)(H,61,63)(H,64,65)/t35-,49-/m0/s1. The number of H-pyrrole nitrogens is 3. The monoisotopic (exact) mass is 930 g/mol. The van der Waals surface area contributed by atoms with Crippen LogP contribution in [0.25, 0.3) is 44.4 Å². The summed E-state index contributed by atoms with van der Waals surface area (Å²) in [6.45, 7) is 16.4. The second-order valence-electron chi connectivity index (χ2n) is 18.2. The van der Waals surface area contributed by atoms with Gasteiger partial charge in [0, 0.05) is 53.2 Å². The van der Waals surface area contributed by atoms with Gasteiger partial charge in [0.15, 0.2) is 6.04 Å². The predicted molar refractivity (Wildman–Crippen MR) is 269 cm³/mol. The summed E-state index contributed by atoms with van der Waals surface area (Å²) in [5, 5.41) is 10.8. The number of aromatic nitrogens is 6. The number of rotatable bonds is 22. The number of amides is 2. The fraction of sp³-hybridized carbons (Fsp3) is 0.491. The van der Waals surface area contributed by atoms with Crippen LogP contribution < -0.4 is 11.2 Å². The highest BCUT2D eigenvalue weighted by Crippen LogP contribution is 2.38. The van der Waals surface area contributed by atoms with E-state index < -0.39 is 35.8 Å². The number of allylic oxidation sites excluding steroid dienone is 4. The number of carboxylic acids is 1. The third kappa shape index (κ3) is 12.2. The van der Waals surface area contributed by atoms with E-state index in [0.717, 1.165) is 104 Å². The minimum Gasteiger partial charge on any atom is -0.481 e. The van der Waals surface area contributed by atoms with Gasteiger partial charge in [-0.2, -0.15) is 0 Å². The predicted octanol–water partition coefficient (Wildman–Crippen LogP) is 9.79. The molecular formula is C53H71N9O6. The van der Waals surface area contributed by atoms with Crippen LogP contribution in [0, 0.1) is 13.8 Å². The van der Waals surface area contributed by atoms with Crippen molar-refractivity contribution in [3.63, 3.8) is 0 Å². The molecule has 7 N–H and O–H groups in total. The number of fused-ring (bicyclic) bond motifs is 8. The van der Waals surface area contributed by atoms with Gasteiger partial charge in [-0.3, -0.25) is 19.8 Å². The van der Waals surface area contributed by atoms with E-state index in [1.54, 1.807) is 6.20 Å². The Morgan fingerprint density at radius 1 is 0.735 bits per heavy atom. The number of esters is 1. The first-order valence-corrected chi connectivity index (χ1v) is 24.5. The first-order chi connectivity index (χ1) is 32.6. The molecule has 68 heavy (non-hydrogen) atoms. The minimum atomic E-state index is -1.22. The number of carboxylic acid groups (broad SMARTS) is 1. The molecule has 6 heterocycles. The third-order valence-electron chi connectivity index (χ3n) is 13.4. The van der Waals surface area contributed by atoms with Crippen molar-refractivity contribution < 1.29 is 29.0 Å². The lowest BCUT2D eigenvalue weighted by Crippen LogP contribution is -2.59. The molecule has 0 fully saturated rings. The van der Waals surface area contributed by atoms with Gasteiger partial charge < -0.3 is 30.5 Å². The summed E-state index contributed by atoms with van der Waals surface area (Å²) < 4.78 is 5.76. The van der Waals surface area contributed by atoms with E-state index in [9.17, 15) is 24.3 Å². The fourth-order valence-electron chi connectivity index (χ4n) is 9.31. The van der Waals surface area contributed by atoms with Crippen molar-refractivity contribution in [3.05, 3.63) is 87.5 Å². The van der Waals surface area contributed by atoms with E-state index in [2.05, 4.69) is 66.0 Å². The van der Waals surface area contributed by atoms with Crippen molar-refractivity contribution in [2.45, 2.75) is 164 Å². The topological polar surface area (TPSA) is 225 Å². The van der Waals surface area contributed by atoms with Crippen LogP contribution in [0.1, 0.15) is 169 Å². The molecule has 2 aliphatic rings. The maximum absolute atomic E-state index is 14.2. The third-order valence-corrected chi connectivity index (χ3v) is 13.4. The van der Waals surface area contributed by atoms with Crippen LogP contribution in [-0.4, -0.2) is 82.5 Å². The molecule has 8 bridgehead atoms. The molecule has 2 aliphatic heterocycles. The van der Waals surface area contributed by atoms with Crippen LogP contribution in [0.5, 0.6) is 0 Å². The molecule has 0 aromatic carbocycles. The van der Waals surface area contributed by atoms with Gasteiger partial charge in [0.05, 0.1) is 41.8 Å². The minimum absolute atomic E-state index is 0.0105. The second kappa shape index (κ2) is 23.6. The van der Waals surface area contributed by atoms with E-state index in [-0.39, 0.29) is 38.7 Å². The molecule has 364 valence electrons. The highest BCUT2D eigenvalue weighted by atomic mass is 16.5. The largest absolute Gasteiger partial charge is 0.481 e. The van der Waals surface area contributed by atoms with Crippen molar-refractivity contribution in [2.24, 2.45) is 5.73 Å². The van der Waals surface area contributed by atoms with E-state index in [1.165, 1.54) is 44.5 Å². The van der Waals surface area contributed by atoms with Gasteiger partial charge in [0.25, 0.3) is 5.91 Å². The zero-order valence-electron chi connectivity index (χ0n) is 41.3. The number of hydrogen-bond donors (Lipinski definition) is 6. The number of ether oxygens (including phenoxy) is 1. The van der Waals surface area contributed by atoms with Gasteiger partial charge in [-0.1, -0.05) is 65.7 Å². The quantitative estimate of drug-likeness (QED) is 0.0248. The molecule has 0 aliphatic carbocycles. The number of nitrogens with two attached hydrogens (primary N) is 1.